The number of ether oxygens (including phenoxy) is 1. The van der Waals surface area contributed by atoms with Crippen molar-refractivity contribution in [2.24, 2.45) is 0 Å². The van der Waals surface area contributed by atoms with Crippen LogP contribution in [0.2, 0.25) is 0 Å². The summed E-state index contributed by atoms with van der Waals surface area (Å²) in [7, 11) is 0. The first-order chi connectivity index (χ1) is 11.1. The Balaban J connectivity index is 1.52. The maximum Gasteiger partial charge on any atom is 0.257 e. The molecule has 2 N–H and O–H groups in total. The number of hydrogen-bond acceptors (Lipinski definition) is 3. The molecule has 1 aliphatic carbocycles. The van der Waals surface area contributed by atoms with Crippen molar-refractivity contribution < 1.29 is 14.6 Å². The fraction of sp³-hybridized carbons (Fsp3) is 0.316. The van der Waals surface area contributed by atoms with Crippen molar-refractivity contribution in [2.45, 2.75) is 31.5 Å². The number of carbonyl (C=O) groups is 1. The predicted octanol–water partition coefficient (Wildman–Crippen LogP) is 2.23. The Hall–Kier alpha value is -2.17. The first-order valence-electron chi connectivity index (χ1n) is 7.94. The lowest BCUT2D eigenvalue weighted by Crippen LogP contribution is -2.43. The van der Waals surface area contributed by atoms with Gasteiger partial charge in [-0.3, -0.25) is 4.79 Å². The quantitative estimate of drug-likeness (QED) is 0.894. The Bertz CT molecular complexity index is 744. The second-order valence-corrected chi connectivity index (χ2v) is 6.39. The molecule has 4 nitrogen and oxygen atoms in total. The molecule has 1 aliphatic heterocycles. The number of rotatable bonds is 2. The largest absolute Gasteiger partial charge is 0.379 e. The number of fused-ring (bicyclic) bond motifs is 2. The third-order valence-electron chi connectivity index (χ3n) is 4.74. The lowest BCUT2D eigenvalue weighted by atomic mass is 9.98. The third-order valence-corrected chi connectivity index (χ3v) is 4.74. The SMILES string of the molecule is O=C(Nc1ccc2c(c1)CCOC2)C1(O)Cc2ccccc2C1. The van der Waals surface area contributed by atoms with Crippen LogP contribution in [0.25, 0.3) is 0 Å². The molecule has 0 aromatic heterocycles. The van der Waals surface area contributed by atoms with Gasteiger partial charge in [0, 0.05) is 18.5 Å². The summed E-state index contributed by atoms with van der Waals surface area (Å²) >= 11 is 0. The molecule has 0 fully saturated rings. The fourth-order valence-electron chi connectivity index (χ4n) is 3.44. The standard InChI is InChI=1S/C19H19NO3/c21-18(19(22)10-14-3-1-2-4-15(14)11-19)20-17-6-5-16-12-23-8-7-13(16)9-17/h1-6,9,22H,7-8,10-12H2,(H,20,21). The van der Waals surface area contributed by atoms with Gasteiger partial charge in [-0.1, -0.05) is 30.3 Å². The minimum Gasteiger partial charge on any atom is -0.379 e. The van der Waals surface area contributed by atoms with E-state index in [4.69, 9.17) is 4.74 Å². The summed E-state index contributed by atoms with van der Waals surface area (Å²) in [5.74, 6) is -0.333. The summed E-state index contributed by atoms with van der Waals surface area (Å²) in [5, 5.41) is 13.6. The average Bonchev–Trinajstić information content (AvgIpc) is 2.92. The molecule has 2 aromatic carbocycles. The fourth-order valence-corrected chi connectivity index (χ4v) is 3.44. The highest BCUT2D eigenvalue weighted by Crippen LogP contribution is 2.31. The van der Waals surface area contributed by atoms with Crippen molar-refractivity contribution in [3.05, 3.63) is 64.7 Å². The zero-order valence-corrected chi connectivity index (χ0v) is 12.8. The van der Waals surface area contributed by atoms with Gasteiger partial charge in [0.25, 0.3) is 5.91 Å². The van der Waals surface area contributed by atoms with Crippen molar-refractivity contribution in [3.63, 3.8) is 0 Å². The molecule has 0 saturated carbocycles. The molecule has 2 aliphatic rings. The monoisotopic (exact) mass is 309 g/mol. The minimum atomic E-state index is -1.36. The first-order valence-corrected chi connectivity index (χ1v) is 7.94. The van der Waals surface area contributed by atoms with Gasteiger partial charge >= 0.3 is 0 Å². The van der Waals surface area contributed by atoms with E-state index < -0.39 is 5.60 Å². The van der Waals surface area contributed by atoms with E-state index in [0.717, 1.165) is 23.2 Å². The van der Waals surface area contributed by atoms with E-state index in [1.165, 1.54) is 11.1 Å². The molecule has 118 valence electrons. The highest BCUT2D eigenvalue weighted by atomic mass is 16.5. The molecule has 0 atom stereocenters. The molecule has 1 heterocycles. The van der Waals surface area contributed by atoms with Crippen LogP contribution in [-0.4, -0.2) is 23.2 Å². The summed E-state index contributed by atoms with van der Waals surface area (Å²) < 4.78 is 5.42. The summed E-state index contributed by atoms with van der Waals surface area (Å²) in [5.41, 5.74) is 3.85. The highest BCUT2D eigenvalue weighted by Gasteiger charge is 2.41. The summed E-state index contributed by atoms with van der Waals surface area (Å²) in [6, 6.07) is 13.7. The van der Waals surface area contributed by atoms with Crippen molar-refractivity contribution in [2.75, 3.05) is 11.9 Å². The molecule has 0 saturated heterocycles. The van der Waals surface area contributed by atoms with Crippen LogP contribution < -0.4 is 5.32 Å². The van der Waals surface area contributed by atoms with Crippen LogP contribution in [0.5, 0.6) is 0 Å². The van der Waals surface area contributed by atoms with E-state index >= 15 is 0 Å². The van der Waals surface area contributed by atoms with E-state index in [2.05, 4.69) is 5.32 Å². The maximum absolute atomic E-state index is 12.6. The van der Waals surface area contributed by atoms with Crippen molar-refractivity contribution in [1.82, 2.24) is 0 Å². The average molecular weight is 309 g/mol. The molecule has 0 unspecified atom stereocenters. The maximum atomic E-state index is 12.6. The van der Waals surface area contributed by atoms with E-state index in [0.29, 0.717) is 26.1 Å². The number of hydrogen-bond donors (Lipinski definition) is 2. The molecule has 0 bridgehead atoms. The van der Waals surface area contributed by atoms with Crippen LogP contribution in [-0.2, 0) is 35.4 Å². The zero-order chi connectivity index (χ0) is 15.9. The number of nitrogens with one attached hydrogen (secondary N) is 1. The Labute approximate surface area is 135 Å². The van der Waals surface area contributed by atoms with Crippen LogP contribution >= 0.6 is 0 Å². The topological polar surface area (TPSA) is 58.6 Å². The Morgan fingerprint density at radius 3 is 2.52 bits per heavy atom. The summed E-state index contributed by atoms with van der Waals surface area (Å²) in [6.45, 7) is 1.34. The van der Waals surface area contributed by atoms with Crippen molar-refractivity contribution >= 4 is 11.6 Å². The van der Waals surface area contributed by atoms with Gasteiger partial charge in [0.1, 0.15) is 0 Å². The summed E-state index contributed by atoms with van der Waals surface area (Å²) in [6.07, 6.45) is 1.59. The van der Waals surface area contributed by atoms with Crippen molar-refractivity contribution in [3.8, 4) is 0 Å². The second kappa shape index (κ2) is 5.48. The molecule has 4 rings (SSSR count). The van der Waals surface area contributed by atoms with E-state index in [1.807, 2.05) is 42.5 Å². The molecule has 0 radical (unpaired) electrons. The molecule has 4 heteroatoms. The summed E-state index contributed by atoms with van der Waals surface area (Å²) in [4.78, 5) is 12.6. The zero-order valence-electron chi connectivity index (χ0n) is 12.8. The highest BCUT2D eigenvalue weighted by molar-refractivity contribution is 5.98. The third kappa shape index (κ3) is 2.64. The Morgan fingerprint density at radius 2 is 1.78 bits per heavy atom. The molecular weight excluding hydrogens is 290 g/mol. The lowest BCUT2D eigenvalue weighted by Gasteiger charge is -2.22. The van der Waals surface area contributed by atoms with Crippen LogP contribution in [0, 0.1) is 0 Å². The van der Waals surface area contributed by atoms with E-state index in [1.54, 1.807) is 0 Å². The van der Waals surface area contributed by atoms with Crippen molar-refractivity contribution in [1.29, 1.82) is 0 Å². The van der Waals surface area contributed by atoms with Gasteiger partial charge in [-0.2, -0.15) is 0 Å². The van der Waals surface area contributed by atoms with Gasteiger partial charge in [-0.05, 0) is 40.8 Å². The normalized spacial score (nSPS) is 18.1. The van der Waals surface area contributed by atoms with Gasteiger partial charge in [0.05, 0.1) is 13.2 Å². The molecule has 2 aromatic rings. The lowest BCUT2D eigenvalue weighted by molar-refractivity contribution is -0.133. The number of benzene rings is 2. The predicted molar refractivity (Wildman–Crippen MR) is 87.2 cm³/mol. The number of aliphatic hydroxyl groups is 1. The molecule has 0 spiro atoms. The molecule has 1 amide bonds. The minimum absolute atomic E-state index is 0.333. The van der Waals surface area contributed by atoms with Crippen LogP contribution in [0.15, 0.2) is 42.5 Å². The van der Waals surface area contributed by atoms with Gasteiger partial charge in [-0.25, -0.2) is 0 Å². The van der Waals surface area contributed by atoms with Crippen LogP contribution in [0.3, 0.4) is 0 Å². The number of amides is 1. The molecule has 23 heavy (non-hydrogen) atoms. The van der Waals surface area contributed by atoms with E-state index in [-0.39, 0.29) is 5.91 Å². The smallest absolute Gasteiger partial charge is 0.257 e. The molecular formula is C19H19NO3. The number of anilines is 1. The Kier molecular flexibility index (Phi) is 3.43. The Morgan fingerprint density at radius 1 is 1.04 bits per heavy atom. The van der Waals surface area contributed by atoms with Gasteiger partial charge in [0.2, 0.25) is 0 Å². The number of carbonyl (C=O) groups excluding carboxylic acids is 1. The van der Waals surface area contributed by atoms with Gasteiger partial charge in [0.15, 0.2) is 5.60 Å². The van der Waals surface area contributed by atoms with Gasteiger partial charge < -0.3 is 15.2 Å². The van der Waals surface area contributed by atoms with Gasteiger partial charge in [-0.15, -0.1) is 0 Å². The first kappa shape index (κ1) is 14.4. The van der Waals surface area contributed by atoms with E-state index in [9.17, 15) is 9.90 Å². The van der Waals surface area contributed by atoms with Crippen LogP contribution in [0.4, 0.5) is 5.69 Å². The second-order valence-electron chi connectivity index (χ2n) is 6.39. The van der Waals surface area contributed by atoms with Crippen LogP contribution in [0.1, 0.15) is 22.3 Å².